The molecule has 1 aromatic heterocycles. The van der Waals surface area contributed by atoms with E-state index in [-0.39, 0.29) is 38.5 Å². The first-order chi connectivity index (χ1) is 24.5. The molecule has 0 unspecified atom stereocenters. The number of ether oxygens (including phenoxy) is 3. The number of aromatic nitrogens is 2. The number of carbonyl (C=O) groups excluding carboxylic acids is 2. The number of anilines is 1. The van der Waals surface area contributed by atoms with Gasteiger partial charge < -0.3 is 34.9 Å². The number of aliphatic hydroxyl groups is 1. The second kappa shape index (κ2) is 17.2. The molecule has 2 fully saturated rings. The number of nitrogens with one attached hydrogen (secondary N) is 2. The molecule has 3 N–H and O–H groups in total. The summed E-state index contributed by atoms with van der Waals surface area (Å²) in [5.74, 6) is 0.281. The van der Waals surface area contributed by atoms with Gasteiger partial charge in [-0.15, -0.1) is 0 Å². The Kier molecular flexibility index (Phi) is 12.0. The number of urea groups is 1. The minimum Gasteiger partial charge on any atom is -0.465 e. The van der Waals surface area contributed by atoms with E-state index in [4.69, 9.17) is 14.2 Å². The zero-order chi connectivity index (χ0) is 34.7. The highest BCUT2D eigenvalue weighted by atomic mass is 16.7. The topological polar surface area (TPSA) is 138 Å². The van der Waals surface area contributed by atoms with Crippen molar-refractivity contribution in [2.75, 3.05) is 50.8 Å². The van der Waals surface area contributed by atoms with Gasteiger partial charge in [0, 0.05) is 63.6 Å². The van der Waals surface area contributed by atoms with Gasteiger partial charge in [-0.25, -0.2) is 14.8 Å². The number of piperazine rings is 1. The molecule has 12 heteroatoms. The first-order valence-electron chi connectivity index (χ1n) is 17.1. The highest BCUT2D eigenvalue weighted by molar-refractivity contribution is 5.81. The number of rotatable bonds is 12. The quantitative estimate of drug-likeness (QED) is 0.185. The van der Waals surface area contributed by atoms with Crippen LogP contribution >= 0.6 is 0 Å². The molecule has 3 heterocycles. The summed E-state index contributed by atoms with van der Waals surface area (Å²) in [5.41, 5.74) is 5.72. The Hall–Kier alpha value is -4.88. The van der Waals surface area contributed by atoms with E-state index in [1.165, 1.54) is 0 Å². The minimum absolute atomic E-state index is 0.00557. The van der Waals surface area contributed by atoms with Crippen molar-refractivity contribution in [3.8, 4) is 11.1 Å². The standard InChI is InChI=1S/C38H44N6O6/c1-2-48-35(46)24-42-38(47)41-23-31-6-3-4-7-33(31)28-12-14-30(15-13-28)36-49-32(22-34(50-36)29-10-8-27(26-45)9-11-29)25-43-18-20-44(21-19-43)37-39-16-5-17-40-37/h3-17,32,34,36,45H,2,18-26H2,1H3,(H2,41,42,47)/t32-,34+,36+/m1/s1. The number of benzene rings is 3. The van der Waals surface area contributed by atoms with Crippen molar-refractivity contribution >= 4 is 17.9 Å². The van der Waals surface area contributed by atoms with Crippen LogP contribution in [0.5, 0.6) is 0 Å². The van der Waals surface area contributed by atoms with E-state index >= 15 is 0 Å². The summed E-state index contributed by atoms with van der Waals surface area (Å²) in [6.45, 7) is 6.31. The number of carbonyl (C=O) groups is 2. The van der Waals surface area contributed by atoms with Gasteiger partial charge in [-0.2, -0.15) is 0 Å². The van der Waals surface area contributed by atoms with Crippen LogP contribution in [0.25, 0.3) is 11.1 Å². The average Bonchev–Trinajstić information content (AvgIpc) is 3.17. The van der Waals surface area contributed by atoms with Crippen LogP contribution in [-0.2, 0) is 32.2 Å². The van der Waals surface area contributed by atoms with Crippen molar-refractivity contribution in [3.05, 3.63) is 114 Å². The van der Waals surface area contributed by atoms with Crippen LogP contribution in [-0.4, -0.2) is 84.0 Å². The van der Waals surface area contributed by atoms with Gasteiger partial charge in [0.25, 0.3) is 0 Å². The lowest BCUT2D eigenvalue weighted by Crippen LogP contribution is -2.50. The normalized spacial score (nSPS) is 19.5. The van der Waals surface area contributed by atoms with Crippen molar-refractivity contribution in [1.82, 2.24) is 25.5 Å². The van der Waals surface area contributed by atoms with E-state index in [1.54, 1.807) is 19.3 Å². The molecule has 2 saturated heterocycles. The van der Waals surface area contributed by atoms with Crippen LogP contribution < -0.4 is 15.5 Å². The number of esters is 1. The lowest BCUT2D eigenvalue weighted by Gasteiger charge is -2.40. The van der Waals surface area contributed by atoms with Crippen LogP contribution in [0.3, 0.4) is 0 Å². The number of nitrogens with zero attached hydrogens (tertiary/aromatic N) is 4. The summed E-state index contributed by atoms with van der Waals surface area (Å²) in [7, 11) is 0. The molecule has 6 rings (SSSR count). The third-order valence-electron chi connectivity index (χ3n) is 8.93. The first kappa shape index (κ1) is 35.0. The van der Waals surface area contributed by atoms with E-state index in [0.717, 1.165) is 72.1 Å². The van der Waals surface area contributed by atoms with Gasteiger partial charge in [0.05, 0.1) is 25.4 Å². The van der Waals surface area contributed by atoms with Gasteiger partial charge in [-0.1, -0.05) is 72.8 Å². The Labute approximate surface area is 292 Å². The lowest BCUT2D eigenvalue weighted by atomic mass is 9.97. The zero-order valence-corrected chi connectivity index (χ0v) is 28.2. The molecule has 262 valence electrons. The first-order valence-corrected chi connectivity index (χ1v) is 17.1. The summed E-state index contributed by atoms with van der Waals surface area (Å²) < 4.78 is 18.1. The molecule has 3 aromatic carbocycles. The molecule has 2 aliphatic rings. The van der Waals surface area contributed by atoms with Gasteiger partial charge in [-0.3, -0.25) is 9.69 Å². The lowest BCUT2D eigenvalue weighted by molar-refractivity contribution is -0.253. The van der Waals surface area contributed by atoms with Crippen LogP contribution in [0, 0.1) is 0 Å². The Balaban J connectivity index is 1.13. The zero-order valence-electron chi connectivity index (χ0n) is 28.2. The highest BCUT2D eigenvalue weighted by Gasteiger charge is 2.34. The van der Waals surface area contributed by atoms with Gasteiger partial charge in [-0.05, 0) is 40.8 Å². The molecule has 12 nitrogen and oxygen atoms in total. The van der Waals surface area contributed by atoms with Crippen LogP contribution in [0.1, 0.15) is 48.0 Å². The summed E-state index contributed by atoms with van der Waals surface area (Å²) in [6, 6.07) is 25.3. The van der Waals surface area contributed by atoms with Gasteiger partial charge >= 0.3 is 12.0 Å². The largest absolute Gasteiger partial charge is 0.465 e. The maximum atomic E-state index is 12.3. The molecule has 4 aromatic rings. The molecule has 0 saturated carbocycles. The molecular weight excluding hydrogens is 636 g/mol. The smallest absolute Gasteiger partial charge is 0.325 e. The minimum atomic E-state index is -0.565. The average molecular weight is 681 g/mol. The summed E-state index contributed by atoms with van der Waals surface area (Å²) in [5, 5.41) is 14.9. The predicted molar refractivity (Wildman–Crippen MR) is 188 cm³/mol. The summed E-state index contributed by atoms with van der Waals surface area (Å²) >= 11 is 0. The summed E-state index contributed by atoms with van der Waals surface area (Å²) in [4.78, 5) is 37.4. The number of hydrogen-bond donors (Lipinski definition) is 3. The van der Waals surface area contributed by atoms with Crippen LogP contribution in [0.4, 0.5) is 10.7 Å². The molecule has 3 atom stereocenters. The molecule has 0 aliphatic carbocycles. The molecule has 50 heavy (non-hydrogen) atoms. The fourth-order valence-corrected chi connectivity index (χ4v) is 6.28. The fourth-order valence-electron chi connectivity index (χ4n) is 6.28. The third-order valence-corrected chi connectivity index (χ3v) is 8.93. The van der Waals surface area contributed by atoms with Crippen molar-refractivity contribution in [2.24, 2.45) is 0 Å². The molecule has 0 radical (unpaired) electrons. The van der Waals surface area contributed by atoms with Crippen LogP contribution in [0.2, 0.25) is 0 Å². The van der Waals surface area contributed by atoms with E-state index in [2.05, 4.69) is 30.4 Å². The molecule has 2 aliphatic heterocycles. The molecular formula is C38H44N6O6. The second-order valence-corrected chi connectivity index (χ2v) is 12.3. The van der Waals surface area contributed by atoms with E-state index in [0.29, 0.717) is 6.42 Å². The Bertz CT molecular complexity index is 1680. The molecule has 2 amide bonds. The van der Waals surface area contributed by atoms with Crippen molar-refractivity contribution in [1.29, 1.82) is 0 Å². The SMILES string of the molecule is CCOC(=O)CNC(=O)NCc1ccccc1-c1ccc([C@H]2O[C@@H](CN3CCN(c4ncccn4)CC3)C[C@@H](c3ccc(CO)cc3)O2)cc1. The third kappa shape index (κ3) is 9.21. The van der Waals surface area contributed by atoms with Crippen molar-refractivity contribution < 1.29 is 28.9 Å². The maximum absolute atomic E-state index is 12.3. The second-order valence-electron chi connectivity index (χ2n) is 12.3. The van der Waals surface area contributed by atoms with Crippen molar-refractivity contribution in [3.63, 3.8) is 0 Å². The van der Waals surface area contributed by atoms with Crippen molar-refractivity contribution in [2.45, 2.75) is 45.0 Å². The Morgan fingerprint density at radius 3 is 2.32 bits per heavy atom. The van der Waals surface area contributed by atoms with E-state index in [9.17, 15) is 14.7 Å². The number of aliphatic hydroxyl groups excluding tert-OH is 1. The molecule has 0 bridgehead atoms. The highest BCUT2D eigenvalue weighted by Crippen LogP contribution is 2.39. The monoisotopic (exact) mass is 680 g/mol. The Morgan fingerprint density at radius 1 is 0.880 bits per heavy atom. The Morgan fingerprint density at radius 2 is 1.60 bits per heavy atom. The fraction of sp³-hybridized carbons (Fsp3) is 0.368. The summed E-state index contributed by atoms with van der Waals surface area (Å²) in [6.07, 6.45) is 3.47. The molecule has 0 spiro atoms. The van der Waals surface area contributed by atoms with E-state index in [1.807, 2.05) is 78.9 Å². The number of amides is 2. The van der Waals surface area contributed by atoms with Gasteiger partial charge in [0.2, 0.25) is 5.95 Å². The maximum Gasteiger partial charge on any atom is 0.325 e. The van der Waals surface area contributed by atoms with Gasteiger partial charge in [0.15, 0.2) is 6.29 Å². The van der Waals surface area contributed by atoms with Gasteiger partial charge in [0.1, 0.15) is 6.54 Å². The number of hydrogen-bond acceptors (Lipinski definition) is 10. The van der Waals surface area contributed by atoms with Crippen LogP contribution in [0.15, 0.2) is 91.3 Å². The van der Waals surface area contributed by atoms with E-state index < -0.39 is 18.3 Å². The predicted octanol–water partition coefficient (Wildman–Crippen LogP) is 4.37.